The van der Waals surface area contributed by atoms with Gasteiger partial charge in [0.15, 0.2) is 0 Å². The molecular weight excluding hydrogens is 182 g/mol. The summed E-state index contributed by atoms with van der Waals surface area (Å²) in [7, 11) is 0. The second-order valence-corrected chi connectivity index (χ2v) is 2.73. The van der Waals surface area contributed by atoms with Gasteiger partial charge in [-0.25, -0.2) is 4.98 Å². The van der Waals surface area contributed by atoms with Crippen molar-refractivity contribution in [1.82, 2.24) is 15.7 Å². The van der Waals surface area contributed by atoms with Crippen LogP contribution in [0.1, 0.15) is 10.5 Å². The van der Waals surface area contributed by atoms with Crippen LogP contribution in [-0.4, -0.2) is 21.0 Å². The van der Waals surface area contributed by atoms with E-state index in [-0.39, 0.29) is 11.4 Å². The maximum absolute atomic E-state index is 10.7. The topological polar surface area (TPSA) is 86.9 Å². The number of aromatic hydroxyl groups is 1. The summed E-state index contributed by atoms with van der Waals surface area (Å²) in [6.07, 6.45) is 1.52. The molecule has 2 rings (SSSR count). The fourth-order valence-corrected chi connectivity index (χ4v) is 1.16. The van der Waals surface area contributed by atoms with Crippen molar-refractivity contribution >= 4 is 16.9 Å². The predicted octanol–water partition coefficient (Wildman–Crippen LogP) is 0.758. The zero-order valence-corrected chi connectivity index (χ0v) is 7.06. The molecule has 2 aromatic rings. The fraction of sp³-hybridized carbons (Fsp3) is 0. The van der Waals surface area contributed by atoms with E-state index in [9.17, 15) is 9.90 Å². The van der Waals surface area contributed by atoms with Crippen LogP contribution >= 0.6 is 0 Å². The van der Waals surface area contributed by atoms with Crippen LogP contribution < -0.4 is 5.73 Å². The number of aromatic nitrogens is 2. The van der Waals surface area contributed by atoms with Crippen LogP contribution in [0.4, 0.5) is 0 Å². The zero-order chi connectivity index (χ0) is 10.1. The molecule has 2 heterocycles. The second-order valence-electron chi connectivity index (χ2n) is 2.73. The lowest BCUT2D eigenvalue weighted by Crippen LogP contribution is -2.02. The molecule has 2 N–H and O–H groups in total. The third kappa shape index (κ3) is 1.24. The highest BCUT2D eigenvalue weighted by atomic mass is 16.3. The van der Waals surface area contributed by atoms with Gasteiger partial charge in [0.1, 0.15) is 17.0 Å². The summed E-state index contributed by atoms with van der Waals surface area (Å²) in [5.74, 6) is -1.06. The number of carbonyl (C=O) groups excluding carboxylic acids is 1. The van der Waals surface area contributed by atoms with E-state index in [4.69, 9.17) is 5.73 Å². The van der Waals surface area contributed by atoms with Crippen LogP contribution in [0.3, 0.4) is 0 Å². The van der Waals surface area contributed by atoms with Crippen molar-refractivity contribution in [3.8, 4) is 5.75 Å². The molecule has 1 radical (unpaired) electrons. The molecule has 0 aliphatic rings. The first kappa shape index (κ1) is 8.43. The molecule has 5 heteroatoms. The van der Waals surface area contributed by atoms with Crippen molar-refractivity contribution in [2.45, 2.75) is 0 Å². The molecule has 0 bridgehead atoms. The van der Waals surface area contributed by atoms with Crippen LogP contribution in [0.2, 0.25) is 0 Å². The minimum Gasteiger partial charge on any atom is -0.506 e. The Balaban J connectivity index is 2.78. The average molecular weight is 188 g/mol. The van der Waals surface area contributed by atoms with Crippen LogP contribution in [0.15, 0.2) is 24.4 Å². The SMILES string of the molecule is [NH]C(=O)c1cc(O)c2ncccc2n1. The lowest BCUT2D eigenvalue weighted by molar-refractivity contribution is 0.0987. The number of fused-ring (bicyclic) bond motifs is 1. The van der Waals surface area contributed by atoms with Crippen molar-refractivity contribution in [2.24, 2.45) is 0 Å². The van der Waals surface area contributed by atoms with E-state index >= 15 is 0 Å². The summed E-state index contributed by atoms with van der Waals surface area (Å²) in [5.41, 5.74) is 7.51. The quantitative estimate of drug-likeness (QED) is 0.715. The highest BCUT2D eigenvalue weighted by Gasteiger charge is 2.09. The zero-order valence-electron chi connectivity index (χ0n) is 7.06. The largest absolute Gasteiger partial charge is 0.506 e. The minimum atomic E-state index is -0.925. The molecule has 1 amide bonds. The summed E-state index contributed by atoms with van der Waals surface area (Å²) < 4.78 is 0. The maximum Gasteiger partial charge on any atom is 0.288 e. The predicted molar refractivity (Wildman–Crippen MR) is 48.6 cm³/mol. The Morgan fingerprint density at radius 1 is 1.50 bits per heavy atom. The number of hydrogen-bond acceptors (Lipinski definition) is 4. The molecule has 0 spiro atoms. The van der Waals surface area contributed by atoms with E-state index in [0.29, 0.717) is 11.0 Å². The number of rotatable bonds is 1. The van der Waals surface area contributed by atoms with Crippen molar-refractivity contribution in [2.75, 3.05) is 0 Å². The van der Waals surface area contributed by atoms with Crippen LogP contribution in [-0.2, 0) is 0 Å². The van der Waals surface area contributed by atoms with Gasteiger partial charge in [-0.05, 0) is 12.1 Å². The molecule has 0 aliphatic heterocycles. The monoisotopic (exact) mass is 188 g/mol. The highest BCUT2D eigenvalue weighted by molar-refractivity contribution is 5.94. The van der Waals surface area contributed by atoms with E-state index < -0.39 is 5.91 Å². The van der Waals surface area contributed by atoms with Crippen molar-refractivity contribution in [3.63, 3.8) is 0 Å². The second kappa shape index (κ2) is 2.95. The van der Waals surface area contributed by atoms with E-state index in [1.165, 1.54) is 6.20 Å². The first-order valence-corrected chi connectivity index (χ1v) is 3.89. The number of hydrogen-bond donors (Lipinski definition) is 1. The summed E-state index contributed by atoms with van der Waals surface area (Å²) in [5, 5.41) is 9.46. The number of pyridine rings is 2. The molecule has 0 aromatic carbocycles. The first-order chi connectivity index (χ1) is 6.68. The third-order valence-electron chi connectivity index (χ3n) is 1.78. The molecule has 14 heavy (non-hydrogen) atoms. The Morgan fingerprint density at radius 2 is 2.29 bits per heavy atom. The normalized spacial score (nSPS) is 10.3. The molecule has 0 atom stereocenters. The Labute approximate surface area is 79.2 Å². The Hall–Kier alpha value is -2.17. The van der Waals surface area contributed by atoms with Gasteiger partial charge in [0.05, 0.1) is 5.52 Å². The third-order valence-corrected chi connectivity index (χ3v) is 1.78. The summed E-state index contributed by atoms with van der Waals surface area (Å²) in [6.45, 7) is 0. The van der Waals surface area contributed by atoms with Crippen molar-refractivity contribution < 1.29 is 9.90 Å². The van der Waals surface area contributed by atoms with Crippen molar-refractivity contribution in [3.05, 3.63) is 30.1 Å². The molecular formula is C9H6N3O2. The smallest absolute Gasteiger partial charge is 0.288 e. The van der Waals surface area contributed by atoms with Gasteiger partial charge in [-0.2, -0.15) is 0 Å². The van der Waals surface area contributed by atoms with Gasteiger partial charge in [0.2, 0.25) is 0 Å². The van der Waals surface area contributed by atoms with Gasteiger partial charge < -0.3 is 5.11 Å². The average Bonchev–Trinajstić information content (AvgIpc) is 2.17. The van der Waals surface area contributed by atoms with Gasteiger partial charge in [-0.3, -0.25) is 15.5 Å². The van der Waals surface area contributed by atoms with Gasteiger partial charge in [-0.1, -0.05) is 0 Å². The Bertz CT molecular complexity index is 510. The summed E-state index contributed by atoms with van der Waals surface area (Å²) >= 11 is 0. The summed E-state index contributed by atoms with van der Waals surface area (Å²) in [6, 6.07) is 4.41. The molecule has 0 saturated carbocycles. The lowest BCUT2D eigenvalue weighted by atomic mass is 10.2. The summed E-state index contributed by atoms with van der Waals surface area (Å²) in [4.78, 5) is 18.5. The van der Waals surface area contributed by atoms with Gasteiger partial charge in [0.25, 0.3) is 5.91 Å². The molecule has 0 aliphatic carbocycles. The molecule has 0 saturated heterocycles. The van der Waals surface area contributed by atoms with E-state index in [1.54, 1.807) is 12.1 Å². The minimum absolute atomic E-state index is 0.0806. The number of amides is 1. The number of nitrogens with one attached hydrogen (secondary N) is 1. The molecule has 69 valence electrons. The number of nitrogens with zero attached hydrogens (tertiary/aromatic N) is 2. The van der Waals surface area contributed by atoms with E-state index in [1.807, 2.05) is 0 Å². The maximum atomic E-state index is 10.7. The van der Waals surface area contributed by atoms with E-state index in [0.717, 1.165) is 6.07 Å². The molecule has 2 aromatic heterocycles. The van der Waals surface area contributed by atoms with Gasteiger partial charge >= 0.3 is 0 Å². The van der Waals surface area contributed by atoms with Crippen molar-refractivity contribution in [1.29, 1.82) is 0 Å². The lowest BCUT2D eigenvalue weighted by Gasteiger charge is -2.00. The van der Waals surface area contributed by atoms with Gasteiger partial charge in [-0.15, -0.1) is 0 Å². The van der Waals surface area contributed by atoms with Crippen LogP contribution in [0, 0.1) is 0 Å². The molecule has 5 nitrogen and oxygen atoms in total. The Kier molecular flexibility index (Phi) is 1.78. The highest BCUT2D eigenvalue weighted by Crippen LogP contribution is 2.21. The van der Waals surface area contributed by atoms with Crippen LogP contribution in [0.25, 0.3) is 11.0 Å². The first-order valence-electron chi connectivity index (χ1n) is 3.89. The fourth-order valence-electron chi connectivity index (χ4n) is 1.16. The Morgan fingerprint density at radius 3 is 3.00 bits per heavy atom. The molecule has 0 unspecified atom stereocenters. The molecule has 0 fully saturated rings. The van der Waals surface area contributed by atoms with E-state index in [2.05, 4.69) is 9.97 Å². The standard InChI is InChI=1S/C9H6N3O2/c10-9(14)6-4-7(13)8-5(12-6)2-1-3-11-8/h1-4,10H,(H,12,13). The van der Waals surface area contributed by atoms with Crippen LogP contribution in [0.5, 0.6) is 5.75 Å². The number of carbonyl (C=O) groups is 1. The van der Waals surface area contributed by atoms with Gasteiger partial charge in [0, 0.05) is 12.3 Å².